The van der Waals surface area contributed by atoms with Gasteiger partial charge in [0.05, 0.1) is 16.3 Å². The lowest BCUT2D eigenvalue weighted by atomic mass is 9.93. The number of hydrogen-bond acceptors (Lipinski definition) is 7. The predicted octanol–water partition coefficient (Wildman–Crippen LogP) is 4.84. The first-order valence-corrected chi connectivity index (χ1v) is 11.4. The Kier molecular flexibility index (Phi) is 7.02. The number of nitrogen functional groups attached to an aromatic ring is 1. The van der Waals surface area contributed by atoms with Gasteiger partial charge in [-0.15, -0.1) is 0 Å². The molecule has 0 aliphatic heterocycles. The average Bonchev–Trinajstić information content (AvgIpc) is 2.73. The van der Waals surface area contributed by atoms with Crippen LogP contribution in [0.5, 0.6) is 0 Å². The van der Waals surface area contributed by atoms with E-state index in [2.05, 4.69) is 34.4 Å². The Labute approximate surface area is 189 Å². The molecule has 3 rings (SSSR count). The second-order valence-electron chi connectivity index (χ2n) is 8.12. The molecule has 7 nitrogen and oxygen atoms in total. The number of hydrogen-bond donors (Lipinski definition) is 5. The minimum atomic E-state index is -2.07. The van der Waals surface area contributed by atoms with E-state index in [1.54, 1.807) is 12.1 Å². The van der Waals surface area contributed by atoms with Crippen molar-refractivity contribution in [3.63, 3.8) is 0 Å². The summed E-state index contributed by atoms with van der Waals surface area (Å²) in [6, 6.07) is 14.7. The summed E-state index contributed by atoms with van der Waals surface area (Å²) in [5.74, 6) is 0.849. The van der Waals surface area contributed by atoms with Crippen molar-refractivity contribution in [1.29, 1.82) is 4.78 Å². The van der Waals surface area contributed by atoms with Crippen molar-refractivity contribution < 1.29 is 4.21 Å². The van der Waals surface area contributed by atoms with Crippen molar-refractivity contribution in [3.05, 3.63) is 59.1 Å². The zero-order valence-electron chi connectivity index (χ0n) is 17.7. The fraction of sp³-hybridized carbons (Fsp3) is 0.273. The van der Waals surface area contributed by atoms with Gasteiger partial charge < -0.3 is 16.4 Å². The van der Waals surface area contributed by atoms with Crippen LogP contribution in [-0.2, 0) is 10.6 Å². The quantitative estimate of drug-likeness (QED) is 0.308. The van der Waals surface area contributed by atoms with Gasteiger partial charge in [-0.2, -0.15) is 4.98 Å². The molecule has 3 aromatic rings. The molecule has 0 fully saturated rings. The third-order valence-corrected chi connectivity index (χ3v) is 6.08. The summed E-state index contributed by atoms with van der Waals surface area (Å²) in [5.41, 5.74) is 9.34. The van der Waals surface area contributed by atoms with E-state index in [9.17, 15) is 4.21 Å². The van der Waals surface area contributed by atoms with Crippen LogP contribution in [0.25, 0.3) is 11.3 Å². The van der Waals surface area contributed by atoms with E-state index < -0.39 is 10.6 Å². The Balaban J connectivity index is 1.67. The van der Waals surface area contributed by atoms with E-state index in [4.69, 9.17) is 22.1 Å². The molecule has 0 aliphatic rings. The Bertz CT molecular complexity index is 1140. The number of rotatable bonds is 8. The normalized spacial score (nSPS) is 12.4. The molecule has 1 aromatic heterocycles. The maximum atomic E-state index is 11.2. The predicted molar refractivity (Wildman–Crippen MR) is 129 cm³/mol. The van der Waals surface area contributed by atoms with Gasteiger partial charge in [-0.1, -0.05) is 37.6 Å². The Hall–Kier alpha value is -2.84. The topological polar surface area (TPSA) is 117 Å². The first-order valence-electron chi connectivity index (χ1n) is 9.81. The SMILES string of the molecule is Cc1c(Cl)cccc1-c1cc(NCC(C)(C)CNc2ccc([SH](=N)=O)cc2)nc(N)n1. The molecule has 1 atom stereocenters. The van der Waals surface area contributed by atoms with Crippen LogP contribution in [-0.4, -0.2) is 27.3 Å². The fourth-order valence-electron chi connectivity index (χ4n) is 3.03. The third-order valence-electron chi connectivity index (χ3n) is 4.91. The highest BCUT2D eigenvalue weighted by molar-refractivity contribution is 7.73. The van der Waals surface area contributed by atoms with Gasteiger partial charge in [0.2, 0.25) is 5.95 Å². The van der Waals surface area contributed by atoms with Gasteiger partial charge in [-0.3, -0.25) is 4.78 Å². The van der Waals surface area contributed by atoms with Crippen molar-refractivity contribution >= 4 is 39.7 Å². The number of nitrogens with one attached hydrogen (secondary N) is 3. The highest BCUT2D eigenvalue weighted by atomic mass is 35.5. The summed E-state index contributed by atoms with van der Waals surface area (Å²) in [6.45, 7) is 7.57. The van der Waals surface area contributed by atoms with Crippen LogP contribution in [0, 0.1) is 17.1 Å². The molecule has 0 amide bonds. The second kappa shape index (κ2) is 9.53. The van der Waals surface area contributed by atoms with Gasteiger partial charge in [-0.05, 0) is 48.2 Å². The first-order chi connectivity index (χ1) is 14.6. The van der Waals surface area contributed by atoms with Gasteiger partial charge in [-0.25, -0.2) is 9.19 Å². The summed E-state index contributed by atoms with van der Waals surface area (Å²) < 4.78 is 18.5. The van der Waals surface area contributed by atoms with Crippen LogP contribution >= 0.6 is 11.6 Å². The van der Waals surface area contributed by atoms with Crippen LogP contribution in [0.4, 0.5) is 17.5 Å². The fourth-order valence-corrected chi connectivity index (χ4v) is 3.62. The zero-order chi connectivity index (χ0) is 22.6. The van der Waals surface area contributed by atoms with Crippen LogP contribution in [0.1, 0.15) is 19.4 Å². The number of benzene rings is 2. The maximum Gasteiger partial charge on any atom is 0.222 e. The number of nitrogens with two attached hydrogens (primary N) is 1. The van der Waals surface area contributed by atoms with E-state index in [0.29, 0.717) is 28.8 Å². The molecular formula is C22H27ClN6OS. The molecule has 0 bridgehead atoms. The van der Waals surface area contributed by atoms with Crippen LogP contribution in [0.15, 0.2) is 53.4 Å². The lowest BCUT2D eigenvalue weighted by Crippen LogP contribution is -2.31. The van der Waals surface area contributed by atoms with Gasteiger partial charge >= 0.3 is 0 Å². The molecule has 1 unspecified atom stereocenters. The monoisotopic (exact) mass is 458 g/mol. The summed E-state index contributed by atoms with van der Waals surface area (Å²) in [5, 5.41) is 7.42. The maximum absolute atomic E-state index is 11.2. The highest BCUT2D eigenvalue weighted by Gasteiger charge is 2.18. The molecule has 0 saturated carbocycles. The van der Waals surface area contributed by atoms with E-state index in [-0.39, 0.29) is 11.4 Å². The van der Waals surface area contributed by atoms with Crippen molar-refractivity contribution in [2.75, 3.05) is 29.5 Å². The molecule has 0 aliphatic carbocycles. The van der Waals surface area contributed by atoms with E-state index in [0.717, 1.165) is 22.5 Å². The Morgan fingerprint density at radius 1 is 1.10 bits per heavy atom. The van der Waals surface area contributed by atoms with E-state index >= 15 is 0 Å². The molecule has 0 spiro atoms. The van der Waals surface area contributed by atoms with Crippen LogP contribution in [0.2, 0.25) is 5.02 Å². The molecule has 0 saturated heterocycles. The van der Waals surface area contributed by atoms with Gasteiger partial charge in [0.25, 0.3) is 0 Å². The minimum Gasteiger partial charge on any atom is -0.384 e. The molecule has 5 N–H and O–H groups in total. The lowest BCUT2D eigenvalue weighted by molar-refractivity contribution is 0.419. The standard InChI is InChI=1S/C22H27ClN6OS/c1-14-17(5-4-6-18(14)23)19-11-20(29-21(24)28-19)27-13-22(2,3)12-26-15-7-9-16(10-8-15)31(25)30/h4-11,25-26,31H,12-13H2,1-3H3,(H3,24,27,28,29). The number of anilines is 3. The van der Waals surface area contributed by atoms with Crippen molar-refractivity contribution in [3.8, 4) is 11.3 Å². The average molecular weight is 459 g/mol. The third kappa shape index (κ3) is 6.08. The van der Waals surface area contributed by atoms with E-state index in [1.165, 1.54) is 0 Å². The molecule has 2 aromatic carbocycles. The van der Waals surface area contributed by atoms with Crippen molar-refractivity contribution in [2.45, 2.75) is 25.7 Å². The molecular weight excluding hydrogens is 432 g/mol. The van der Waals surface area contributed by atoms with Gasteiger partial charge in [0, 0.05) is 40.3 Å². The molecule has 31 heavy (non-hydrogen) atoms. The Morgan fingerprint density at radius 2 is 1.77 bits per heavy atom. The largest absolute Gasteiger partial charge is 0.384 e. The smallest absolute Gasteiger partial charge is 0.222 e. The number of aromatic nitrogens is 2. The summed E-state index contributed by atoms with van der Waals surface area (Å²) >= 11 is 6.25. The van der Waals surface area contributed by atoms with Crippen LogP contribution in [0.3, 0.4) is 0 Å². The van der Waals surface area contributed by atoms with Crippen molar-refractivity contribution in [1.82, 2.24) is 9.97 Å². The van der Waals surface area contributed by atoms with Gasteiger partial charge in [0.1, 0.15) is 5.82 Å². The highest BCUT2D eigenvalue weighted by Crippen LogP contribution is 2.29. The summed E-state index contributed by atoms with van der Waals surface area (Å²) in [7, 11) is -2.07. The number of nitrogens with zero attached hydrogens (tertiary/aromatic N) is 2. The zero-order valence-corrected chi connectivity index (χ0v) is 19.4. The molecule has 9 heteroatoms. The molecule has 1 heterocycles. The number of halogens is 1. The first kappa shape index (κ1) is 22.8. The minimum absolute atomic E-state index is 0.106. The number of thiol groups is 1. The Morgan fingerprint density at radius 3 is 2.45 bits per heavy atom. The summed E-state index contributed by atoms with van der Waals surface area (Å²) in [4.78, 5) is 9.20. The molecule has 0 radical (unpaired) electrons. The van der Waals surface area contributed by atoms with E-state index in [1.807, 2.05) is 43.3 Å². The lowest BCUT2D eigenvalue weighted by Gasteiger charge is -2.26. The van der Waals surface area contributed by atoms with Gasteiger partial charge in [0.15, 0.2) is 0 Å². The van der Waals surface area contributed by atoms with Crippen LogP contribution < -0.4 is 16.4 Å². The van der Waals surface area contributed by atoms with Crippen molar-refractivity contribution in [2.24, 2.45) is 5.41 Å². The summed E-state index contributed by atoms with van der Waals surface area (Å²) in [6.07, 6.45) is 0. The molecule has 164 valence electrons. The second-order valence-corrected chi connectivity index (χ2v) is 9.63.